The van der Waals surface area contributed by atoms with E-state index in [4.69, 9.17) is 4.74 Å². The lowest BCUT2D eigenvalue weighted by atomic mass is 10.1. The molecule has 0 saturated heterocycles. The average Bonchev–Trinajstić information content (AvgIpc) is 2.76. The molecular weight excluding hydrogens is 487 g/mol. The molecule has 174 valence electrons. The van der Waals surface area contributed by atoms with Gasteiger partial charge in [-0.3, -0.25) is 9.59 Å². The Morgan fingerprint density at radius 2 is 1.73 bits per heavy atom. The summed E-state index contributed by atoms with van der Waals surface area (Å²) in [6.07, 6.45) is 0. The van der Waals surface area contributed by atoms with Gasteiger partial charge in [-0.1, -0.05) is 48.5 Å². The van der Waals surface area contributed by atoms with Crippen LogP contribution >= 0.6 is 15.9 Å². The van der Waals surface area contributed by atoms with Crippen LogP contribution in [0.2, 0.25) is 0 Å². The van der Waals surface area contributed by atoms with Crippen LogP contribution < -0.4 is 10.1 Å². The molecule has 5 nitrogen and oxygen atoms in total. The predicted octanol–water partition coefficient (Wildman–Crippen LogP) is 5.45. The van der Waals surface area contributed by atoms with Crippen molar-refractivity contribution in [2.45, 2.75) is 45.8 Å². The van der Waals surface area contributed by atoms with E-state index in [1.165, 1.54) is 11.0 Å². The molecule has 0 aliphatic rings. The van der Waals surface area contributed by atoms with Crippen LogP contribution in [0.1, 0.15) is 33.3 Å². The Kier molecular flexibility index (Phi) is 7.74. The molecule has 0 aromatic heterocycles. The Hall–Kier alpha value is -2.93. The van der Waals surface area contributed by atoms with Gasteiger partial charge < -0.3 is 15.0 Å². The Morgan fingerprint density at radius 1 is 1.06 bits per heavy atom. The number of nitrogens with one attached hydrogen (secondary N) is 1. The van der Waals surface area contributed by atoms with E-state index < -0.39 is 23.3 Å². The van der Waals surface area contributed by atoms with Crippen LogP contribution in [-0.2, 0) is 16.1 Å². The average molecular weight is 515 g/mol. The second-order valence-electron chi connectivity index (χ2n) is 8.92. The summed E-state index contributed by atoms with van der Waals surface area (Å²) in [6, 6.07) is 16.9. The van der Waals surface area contributed by atoms with Crippen molar-refractivity contribution in [3.8, 4) is 5.75 Å². The molecule has 0 saturated carbocycles. The molecule has 0 spiro atoms. The van der Waals surface area contributed by atoms with Gasteiger partial charge in [-0.05, 0) is 66.5 Å². The van der Waals surface area contributed by atoms with Crippen LogP contribution in [0, 0.1) is 5.82 Å². The van der Waals surface area contributed by atoms with Gasteiger partial charge in [-0.25, -0.2) is 4.39 Å². The van der Waals surface area contributed by atoms with Crippen molar-refractivity contribution >= 4 is 38.5 Å². The van der Waals surface area contributed by atoms with E-state index in [9.17, 15) is 14.0 Å². The maximum atomic E-state index is 14.3. The molecule has 1 atom stereocenters. The lowest BCUT2D eigenvalue weighted by Gasteiger charge is -2.31. The van der Waals surface area contributed by atoms with E-state index in [-0.39, 0.29) is 19.1 Å². The van der Waals surface area contributed by atoms with E-state index in [0.29, 0.717) is 11.3 Å². The van der Waals surface area contributed by atoms with Gasteiger partial charge in [-0.15, -0.1) is 0 Å². The first-order valence-corrected chi connectivity index (χ1v) is 11.5. The minimum absolute atomic E-state index is 0.0491. The highest BCUT2D eigenvalue weighted by molar-refractivity contribution is 9.10. The number of amides is 2. The van der Waals surface area contributed by atoms with E-state index >= 15 is 0 Å². The molecule has 3 aromatic carbocycles. The molecule has 1 N–H and O–H groups in total. The monoisotopic (exact) mass is 514 g/mol. The normalized spacial score (nSPS) is 12.3. The fraction of sp³-hybridized carbons (Fsp3) is 0.308. The minimum atomic E-state index is -0.819. The van der Waals surface area contributed by atoms with Crippen LogP contribution in [-0.4, -0.2) is 34.9 Å². The maximum absolute atomic E-state index is 14.3. The van der Waals surface area contributed by atoms with Gasteiger partial charge in [-0.2, -0.15) is 0 Å². The van der Waals surface area contributed by atoms with Crippen molar-refractivity contribution in [3.63, 3.8) is 0 Å². The van der Waals surface area contributed by atoms with E-state index in [2.05, 4.69) is 21.2 Å². The third-order valence-electron chi connectivity index (χ3n) is 5.14. The van der Waals surface area contributed by atoms with Crippen LogP contribution in [0.5, 0.6) is 5.75 Å². The third kappa shape index (κ3) is 6.32. The molecule has 33 heavy (non-hydrogen) atoms. The molecule has 0 aliphatic heterocycles. The first kappa shape index (κ1) is 24.7. The van der Waals surface area contributed by atoms with Gasteiger partial charge in [0, 0.05) is 17.6 Å². The third-order valence-corrected chi connectivity index (χ3v) is 5.96. The van der Waals surface area contributed by atoms with Gasteiger partial charge >= 0.3 is 0 Å². The van der Waals surface area contributed by atoms with Crippen molar-refractivity contribution in [2.75, 3.05) is 6.61 Å². The summed E-state index contributed by atoms with van der Waals surface area (Å²) in [5.74, 6) is -0.662. The van der Waals surface area contributed by atoms with Gasteiger partial charge in [0.15, 0.2) is 6.61 Å². The van der Waals surface area contributed by atoms with Crippen LogP contribution in [0.3, 0.4) is 0 Å². The van der Waals surface area contributed by atoms with Gasteiger partial charge in [0.05, 0.1) is 4.47 Å². The van der Waals surface area contributed by atoms with Crippen molar-refractivity contribution < 1.29 is 18.7 Å². The highest BCUT2D eigenvalue weighted by Gasteiger charge is 2.29. The zero-order valence-electron chi connectivity index (χ0n) is 19.2. The van der Waals surface area contributed by atoms with Crippen molar-refractivity contribution in [2.24, 2.45) is 0 Å². The molecular formula is C26H28BrFN2O3. The molecule has 0 bridgehead atoms. The number of halogens is 2. The number of carbonyl (C=O) groups is 2. The van der Waals surface area contributed by atoms with E-state index in [1.54, 1.807) is 31.2 Å². The Bertz CT molecular complexity index is 1160. The van der Waals surface area contributed by atoms with Crippen LogP contribution in [0.25, 0.3) is 10.8 Å². The number of benzene rings is 3. The van der Waals surface area contributed by atoms with E-state index in [0.717, 1.165) is 15.2 Å². The first-order chi connectivity index (χ1) is 15.6. The van der Waals surface area contributed by atoms with Crippen LogP contribution in [0.15, 0.2) is 65.1 Å². The van der Waals surface area contributed by atoms with Gasteiger partial charge in [0.25, 0.3) is 5.91 Å². The van der Waals surface area contributed by atoms with E-state index in [1.807, 2.05) is 51.1 Å². The maximum Gasteiger partial charge on any atom is 0.261 e. The van der Waals surface area contributed by atoms with Crippen LogP contribution in [0.4, 0.5) is 4.39 Å². The molecule has 0 fully saturated rings. The molecule has 2 amide bonds. The first-order valence-electron chi connectivity index (χ1n) is 10.7. The summed E-state index contributed by atoms with van der Waals surface area (Å²) in [7, 11) is 0. The standard InChI is InChI=1S/C26H28BrFN2O3/c1-17(25(32)29-26(2,3)4)30(15-19-10-6-8-12-21(19)28)23(31)16-33-22-14-13-18-9-5-7-11-20(18)24(22)27/h5-14,17H,15-16H2,1-4H3,(H,29,32)/t17-/m0/s1. The number of hydrogen-bond acceptors (Lipinski definition) is 3. The fourth-order valence-electron chi connectivity index (χ4n) is 3.41. The number of rotatable bonds is 7. The summed E-state index contributed by atoms with van der Waals surface area (Å²) in [6.45, 7) is 6.87. The molecule has 0 heterocycles. The highest BCUT2D eigenvalue weighted by atomic mass is 79.9. The van der Waals surface area contributed by atoms with Crippen molar-refractivity contribution in [1.82, 2.24) is 10.2 Å². The number of hydrogen-bond donors (Lipinski definition) is 1. The molecule has 0 unspecified atom stereocenters. The van der Waals surface area contributed by atoms with Gasteiger partial charge in [0.1, 0.15) is 17.6 Å². The lowest BCUT2D eigenvalue weighted by Crippen LogP contribution is -2.53. The Balaban J connectivity index is 1.82. The second-order valence-corrected chi connectivity index (χ2v) is 9.71. The number of nitrogens with zero attached hydrogens (tertiary/aromatic N) is 1. The minimum Gasteiger partial charge on any atom is -0.483 e. The second kappa shape index (κ2) is 10.3. The quantitative estimate of drug-likeness (QED) is 0.455. The smallest absolute Gasteiger partial charge is 0.261 e. The summed E-state index contributed by atoms with van der Waals surface area (Å²) >= 11 is 3.55. The fourth-order valence-corrected chi connectivity index (χ4v) is 4.02. The summed E-state index contributed by atoms with van der Waals surface area (Å²) in [4.78, 5) is 27.4. The summed E-state index contributed by atoms with van der Waals surface area (Å²) < 4.78 is 20.9. The predicted molar refractivity (Wildman–Crippen MR) is 131 cm³/mol. The Labute approximate surface area is 202 Å². The molecule has 7 heteroatoms. The Morgan fingerprint density at radius 3 is 2.42 bits per heavy atom. The number of carbonyl (C=O) groups excluding carboxylic acids is 2. The van der Waals surface area contributed by atoms with Crippen molar-refractivity contribution in [1.29, 1.82) is 0 Å². The largest absolute Gasteiger partial charge is 0.483 e. The number of ether oxygens (including phenoxy) is 1. The highest BCUT2D eigenvalue weighted by Crippen LogP contribution is 2.33. The van der Waals surface area contributed by atoms with Crippen molar-refractivity contribution in [3.05, 3.63) is 76.5 Å². The lowest BCUT2D eigenvalue weighted by molar-refractivity contribution is -0.142. The number of fused-ring (bicyclic) bond motifs is 1. The van der Waals surface area contributed by atoms with Gasteiger partial charge in [0.2, 0.25) is 5.91 Å². The molecule has 3 rings (SSSR count). The molecule has 0 aliphatic carbocycles. The SMILES string of the molecule is C[C@@H](C(=O)NC(C)(C)C)N(Cc1ccccc1F)C(=O)COc1ccc2ccccc2c1Br. The summed E-state index contributed by atoms with van der Waals surface area (Å²) in [5, 5.41) is 4.88. The summed E-state index contributed by atoms with van der Waals surface area (Å²) in [5.41, 5.74) is -0.141. The zero-order chi connectivity index (χ0) is 24.2. The molecule has 0 radical (unpaired) electrons. The molecule has 3 aromatic rings. The topological polar surface area (TPSA) is 58.6 Å². The zero-order valence-corrected chi connectivity index (χ0v) is 20.8.